The first-order valence-corrected chi connectivity index (χ1v) is 8.32. The highest BCUT2D eigenvalue weighted by molar-refractivity contribution is 6.02. The van der Waals surface area contributed by atoms with E-state index >= 15 is 0 Å². The summed E-state index contributed by atoms with van der Waals surface area (Å²) in [7, 11) is 0. The van der Waals surface area contributed by atoms with Crippen molar-refractivity contribution in [1.29, 1.82) is 0 Å². The average Bonchev–Trinajstić information content (AvgIpc) is 2.63. The van der Waals surface area contributed by atoms with Crippen LogP contribution in [-0.4, -0.2) is 15.7 Å². The number of hydrogen-bond acceptors (Lipinski definition) is 3. The van der Waals surface area contributed by atoms with Gasteiger partial charge in [-0.15, -0.1) is 0 Å². The van der Waals surface area contributed by atoms with Crippen molar-refractivity contribution in [2.75, 3.05) is 5.32 Å². The van der Waals surface area contributed by atoms with E-state index in [1.165, 1.54) is 25.1 Å². The molecule has 1 amide bonds. The molecule has 0 fully saturated rings. The largest absolute Gasteiger partial charge is 0.418 e. The second kappa shape index (κ2) is 7.30. The molecule has 0 saturated carbocycles. The lowest BCUT2D eigenvalue weighted by molar-refractivity contribution is -0.137. The number of nitrogens with zero attached hydrogens (tertiary/aromatic N) is 2. The van der Waals surface area contributed by atoms with Crippen molar-refractivity contribution in [3.8, 4) is 5.69 Å². The topological polar surface area (TPSA) is 64.0 Å². The van der Waals surface area contributed by atoms with Gasteiger partial charge < -0.3 is 5.32 Å². The molecular formula is C20H16F3N3O2. The summed E-state index contributed by atoms with van der Waals surface area (Å²) in [5.41, 5.74) is -0.757. The predicted octanol–water partition coefficient (Wildman–Crippen LogP) is 4.12. The number of anilines is 1. The fourth-order valence-corrected chi connectivity index (χ4v) is 2.67. The maximum atomic E-state index is 13.3. The number of amides is 1. The number of carbonyl (C=O) groups excluding carboxylic acids is 1. The molecule has 0 unspecified atom stereocenters. The van der Waals surface area contributed by atoms with Crippen LogP contribution in [0.25, 0.3) is 5.69 Å². The molecule has 0 radical (unpaired) electrons. The van der Waals surface area contributed by atoms with Gasteiger partial charge in [0.25, 0.3) is 5.91 Å². The molecule has 5 nitrogen and oxygen atoms in total. The SMILES string of the molecule is Cc1ccc(NC(=O)c2nn(-c3ccccc3C(F)(F)F)c(C)cc2=O)cc1. The summed E-state index contributed by atoms with van der Waals surface area (Å²) >= 11 is 0. The summed E-state index contributed by atoms with van der Waals surface area (Å²) in [4.78, 5) is 24.7. The molecule has 8 heteroatoms. The molecule has 1 aromatic heterocycles. The number of nitrogens with one attached hydrogen (secondary N) is 1. The van der Waals surface area contributed by atoms with E-state index in [2.05, 4.69) is 10.4 Å². The van der Waals surface area contributed by atoms with E-state index < -0.39 is 28.8 Å². The number of benzene rings is 2. The lowest BCUT2D eigenvalue weighted by Crippen LogP contribution is -2.27. The molecule has 0 aliphatic carbocycles. The van der Waals surface area contributed by atoms with Gasteiger partial charge in [0.15, 0.2) is 5.69 Å². The van der Waals surface area contributed by atoms with Gasteiger partial charge in [0.2, 0.25) is 5.43 Å². The molecular weight excluding hydrogens is 371 g/mol. The van der Waals surface area contributed by atoms with Crippen LogP contribution in [0.4, 0.5) is 18.9 Å². The van der Waals surface area contributed by atoms with E-state index in [0.29, 0.717) is 5.69 Å². The van der Waals surface area contributed by atoms with Gasteiger partial charge in [0.05, 0.1) is 11.3 Å². The summed E-state index contributed by atoms with van der Waals surface area (Å²) in [5.74, 6) is -0.799. The fraction of sp³-hybridized carbons (Fsp3) is 0.150. The number of alkyl halides is 3. The Bertz CT molecular complexity index is 1090. The number of carbonyl (C=O) groups is 1. The normalized spacial score (nSPS) is 11.3. The maximum Gasteiger partial charge on any atom is 0.418 e. The minimum Gasteiger partial charge on any atom is -0.320 e. The summed E-state index contributed by atoms with van der Waals surface area (Å²) in [6.07, 6.45) is -4.61. The van der Waals surface area contributed by atoms with Crippen molar-refractivity contribution in [3.05, 3.63) is 87.3 Å². The Kier molecular flexibility index (Phi) is 5.04. The quantitative estimate of drug-likeness (QED) is 0.735. The lowest BCUT2D eigenvalue weighted by atomic mass is 10.1. The molecule has 3 aromatic rings. The van der Waals surface area contributed by atoms with Gasteiger partial charge in [-0.1, -0.05) is 29.8 Å². The highest BCUT2D eigenvalue weighted by Crippen LogP contribution is 2.33. The highest BCUT2D eigenvalue weighted by atomic mass is 19.4. The molecule has 28 heavy (non-hydrogen) atoms. The Balaban J connectivity index is 2.06. The molecule has 144 valence electrons. The van der Waals surface area contributed by atoms with E-state index in [0.717, 1.165) is 22.4 Å². The second-order valence-corrected chi connectivity index (χ2v) is 6.25. The fourth-order valence-electron chi connectivity index (χ4n) is 2.67. The van der Waals surface area contributed by atoms with E-state index in [9.17, 15) is 22.8 Å². The van der Waals surface area contributed by atoms with Crippen LogP contribution in [0.5, 0.6) is 0 Å². The standard InChI is InChI=1S/C20H16F3N3O2/c1-12-7-9-14(10-8-12)24-19(28)18-17(27)11-13(2)26(25-18)16-6-4-3-5-15(16)20(21,22)23/h3-11H,1-2H3,(H,24,28). The molecule has 0 aliphatic rings. The van der Waals surface area contributed by atoms with Gasteiger partial charge in [-0.25, -0.2) is 4.68 Å². The maximum absolute atomic E-state index is 13.3. The van der Waals surface area contributed by atoms with Gasteiger partial charge >= 0.3 is 6.18 Å². The van der Waals surface area contributed by atoms with Crippen molar-refractivity contribution >= 4 is 11.6 Å². The van der Waals surface area contributed by atoms with Gasteiger partial charge in [0.1, 0.15) is 0 Å². The van der Waals surface area contributed by atoms with Crippen LogP contribution in [0.3, 0.4) is 0 Å². The third-order valence-electron chi connectivity index (χ3n) is 4.07. The Morgan fingerprint density at radius 3 is 2.32 bits per heavy atom. The summed E-state index contributed by atoms with van der Waals surface area (Å²) in [5, 5.41) is 6.45. The zero-order valence-corrected chi connectivity index (χ0v) is 15.0. The van der Waals surface area contributed by atoms with Crippen LogP contribution in [0.15, 0.2) is 59.4 Å². The third-order valence-corrected chi connectivity index (χ3v) is 4.07. The van der Waals surface area contributed by atoms with E-state index in [1.807, 2.05) is 6.92 Å². The van der Waals surface area contributed by atoms with E-state index in [1.54, 1.807) is 24.3 Å². The molecule has 3 rings (SSSR count). The number of rotatable bonds is 3. The third kappa shape index (κ3) is 3.95. The van der Waals surface area contributed by atoms with Crippen LogP contribution in [0.1, 0.15) is 27.3 Å². The minimum atomic E-state index is -4.61. The molecule has 0 saturated heterocycles. The molecule has 0 aliphatic heterocycles. The summed E-state index contributed by atoms with van der Waals surface area (Å²) in [6, 6.07) is 12.8. The number of halogens is 3. The molecule has 1 heterocycles. The van der Waals surface area contributed by atoms with Crippen LogP contribution < -0.4 is 10.7 Å². The molecule has 2 aromatic carbocycles. The molecule has 0 spiro atoms. The number of para-hydroxylation sites is 1. The predicted molar refractivity (Wildman–Crippen MR) is 98.7 cm³/mol. The summed E-state index contributed by atoms with van der Waals surface area (Å²) in [6.45, 7) is 3.33. The van der Waals surface area contributed by atoms with Crippen molar-refractivity contribution in [2.45, 2.75) is 20.0 Å². The molecule has 1 N–H and O–H groups in total. The van der Waals surface area contributed by atoms with Crippen molar-refractivity contribution < 1.29 is 18.0 Å². The van der Waals surface area contributed by atoms with Crippen LogP contribution in [0, 0.1) is 13.8 Å². The number of hydrogen-bond donors (Lipinski definition) is 1. The number of aryl methyl sites for hydroxylation is 2. The average molecular weight is 387 g/mol. The Labute approximate surface area is 158 Å². The van der Waals surface area contributed by atoms with E-state index in [-0.39, 0.29) is 11.4 Å². The minimum absolute atomic E-state index is 0.175. The zero-order valence-electron chi connectivity index (χ0n) is 15.0. The zero-order chi connectivity index (χ0) is 20.5. The van der Waals surface area contributed by atoms with Crippen molar-refractivity contribution in [2.24, 2.45) is 0 Å². The van der Waals surface area contributed by atoms with Gasteiger partial charge in [0, 0.05) is 17.4 Å². The Morgan fingerprint density at radius 1 is 1.04 bits per heavy atom. The lowest BCUT2D eigenvalue weighted by Gasteiger charge is -2.16. The summed E-state index contributed by atoms with van der Waals surface area (Å²) < 4.78 is 41.0. The van der Waals surface area contributed by atoms with Crippen LogP contribution in [-0.2, 0) is 6.18 Å². The first kappa shape index (κ1) is 19.3. The van der Waals surface area contributed by atoms with Crippen molar-refractivity contribution in [1.82, 2.24) is 9.78 Å². The number of aromatic nitrogens is 2. The van der Waals surface area contributed by atoms with Crippen LogP contribution >= 0.6 is 0 Å². The van der Waals surface area contributed by atoms with Crippen molar-refractivity contribution in [3.63, 3.8) is 0 Å². The first-order chi connectivity index (χ1) is 13.2. The van der Waals surface area contributed by atoms with Gasteiger partial charge in [-0.3, -0.25) is 9.59 Å². The first-order valence-electron chi connectivity index (χ1n) is 8.32. The smallest absolute Gasteiger partial charge is 0.320 e. The van der Waals surface area contributed by atoms with E-state index in [4.69, 9.17) is 0 Å². The van der Waals surface area contributed by atoms with Crippen LogP contribution in [0.2, 0.25) is 0 Å². The van der Waals surface area contributed by atoms with Gasteiger partial charge in [-0.2, -0.15) is 18.3 Å². The van der Waals surface area contributed by atoms with Gasteiger partial charge in [-0.05, 0) is 38.1 Å². The second-order valence-electron chi connectivity index (χ2n) is 6.25. The highest BCUT2D eigenvalue weighted by Gasteiger charge is 2.34. The molecule has 0 bridgehead atoms. The Morgan fingerprint density at radius 2 is 1.68 bits per heavy atom. The monoisotopic (exact) mass is 387 g/mol. The Hall–Kier alpha value is -3.42. The molecule has 0 atom stereocenters.